The topological polar surface area (TPSA) is 55.9 Å². The van der Waals surface area contributed by atoms with E-state index in [1.807, 2.05) is 4.90 Å². The van der Waals surface area contributed by atoms with Crippen LogP contribution in [0.15, 0.2) is 24.3 Å². The first-order valence-electron chi connectivity index (χ1n) is 11.0. The Labute approximate surface area is 179 Å². The molecule has 2 aliphatic heterocycles. The number of hydrogen-bond donors (Lipinski definition) is 1. The number of halogens is 1. The number of likely N-dealkylation sites (tertiary alicyclic amines) is 2. The summed E-state index contributed by atoms with van der Waals surface area (Å²) in [6.07, 6.45) is 1.55. The first-order chi connectivity index (χ1) is 14.2. The van der Waals surface area contributed by atoms with Gasteiger partial charge < -0.3 is 20.0 Å². The van der Waals surface area contributed by atoms with Crippen LogP contribution in [-0.4, -0.2) is 79.4 Å². The van der Waals surface area contributed by atoms with Crippen LogP contribution in [0.2, 0.25) is 0 Å². The first-order valence-corrected chi connectivity index (χ1v) is 11.0. The van der Waals surface area contributed by atoms with Crippen molar-refractivity contribution in [1.29, 1.82) is 0 Å². The average Bonchev–Trinajstić information content (AvgIpc) is 3.19. The average molecular weight is 419 g/mol. The summed E-state index contributed by atoms with van der Waals surface area (Å²) in [7, 11) is 4.11. The summed E-state index contributed by atoms with van der Waals surface area (Å²) in [4.78, 5) is 32.6. The second-order valence-electron chi connectivity index (χ2n) is 9.43. The number of carbonyl (C=O) groups is 2. The van der Waals surface area contributed by atoms with Gasteiger partial charge in [-0.05, 0) is 57.1 Å². The second-order valence-corrected chi connectivity index (χ2v) is 9.43. The number of rotatable bonds is 6. The second kappa shape index (κ2) is 9.88. The van der Waals surface area contributed by atoms with Crippen molar-refractivity contribution in [2.24, 2.45) is 17.8 Å². The molecule has 30 heavy (non-hydrogen) atoms. The van der Waals surface area contributed by atoms with Crippen LogP contribution < -0.4 is 5.32 Å². The summed E-state index contributed by atoms with van der Waals surface area (Å²) in [5.41, 5.74) is 0.582. The molecule has 0 saturated carbocycles. The number of amides is 2. The molecule has 2 fully saturated rings. The monoisotopic (exact) mass is 418 g/mol. The minimum atomic E-state index is -0.332. The van der Waals surface area contributed by atoms with Gasteiger partial charge in [-0.3, -0.25) is 9.59 Å². The lowest BCUT2D eigenvalue weighted by atomic mass is 9.87. The van der Waals surface area contributed by atoms with Crippen molar-refractivity contribution >= 4 is 17.5 Å². The summed E-state index contributed by atoms with van der Waals surface area (Å²) in [6.45, 7) is 8.08. The highest BCUT2D eigenvalue weighted by atomic mass is 19.1. The van der Waals surface area contributed by atoms with Crippen molar-refractivity contribution in [2.45, 2.75) is 32.7 Å². The lowest BCUT2D eigenvalue weighted by Gasteiger charge is -2.38. The van der Waals surface area contributed by atoms with Gasteiger partial charge in [0.15, 0.2) is 0 Å². The predicted octanol–water partition coefficient (Wildman–Crippen LogP) is 2.52. The molecule has 2 heterocycles. The summed E-state index contributed by atoms with van der Waals surface area (Å²) in [6, 6.07) is 6.21. The van der Waals surface area contributed by atoms with Crippen LogP contribution in [0.5, 0.6) is 0 Å². The molecular formula is C23H35FN4O2. The highest BCUT2D eigenvalue weighted by molar-refractivity contribution is 5.93. The lowest BCUT2D eigenvalue weighted by Crippen LogP contribution is -2.50. The van der Waals surface area contributed by atoms with Gasteiger partial charge in [-0.25, -0.2) is 4.39 Å². The quantitative estimate of drug-likeness (QED) is 0.771. The molecule has 2 saturated heterocycles. The Morgan fingerprint density at radius 1 is 1.13 bits per heavy atom. The van der Waals surface area contributed by atoms with Crippen LogP contribution in [0, 0.1) is 23.6 Å². The molecule has 2 amide bonds. The zero-order valence-corrected chi connectivity index (χ0v) is 18.6. The molecule has 1 aromatic rings. The number of hydrogen-bond acceptors (Lipinski definition) is 4. The van der Waals surface area contributed by atoms with Crippen molar-refractivity contribution in [3.05, 3.63) is 30.1 Å². The molecule has 6 nitrogen and oxygen atoms in total. The minimum Gasteiger partial charge on any atom is -0.341 e. The number of anilines is 1. The zero-order chi connectivity index (χ0) is 21.8. The number of carbonyl (C=O) groups excluding carboxylic acids is 2. The van der Waals surface area contributed by atoms with E-state index >= 15 is 0 Å². The van der Waals surface area contributed by atoms with Crippen LogP contribution in [0.3, 0.4) is 0 Å². The molecule has 3 rings (SSSR count). The highest BCUT2D eigenvalue weighted by Crippen LogP contribution is 2.27. The maximum Gasteiger partial charge on any atom is 0.228 e. The molecule has 0 aromatic heterocycles. The molecule has 1 N–H and O–H groups in total. The van der Waals surface area contributed by atoms with Gasteiger partial charge in [0.25, 0.3) is 0 Å². The fraction of sp³-hybridized carbons (Fsp3) is 0.652. The molecule has 1 aromatic carbocycles. The molecule has 0 aliphatic carbocycles. The lowest BCUT2D eigenvalue weighted by molar-refractivity contribution is -0.138. The largest absolute Gasteiger partial charge is 0.341 e. The fourth-order valence-corrected chi connectivity index (χ4v) is 4.62. The Balaban J connectivity index is 1.68. The van der Waals surface area contributed by atoms with E-state index in [9.17, 15) is 14.0 Å². The number of nitrogens with zero attached hydrogens (tertiary/aromatic N) is 3. The summed E-state index contributed by atoms with van der Waals surface area (Å²) in [5, 5.41) is 2.90. The maximum absolute atomic E-state index is 13.3. The van der Waals surface area contributed by atoms with E-state index in [0.717, 1.165) is 26.1 Å². The molecule has 0 spiro atoms. The third-order valence-corrected chi connectivity index (χ3v) is 6.19. The molecule has 7 heteroatoms. The first kappa shape index (κ1) is 22.7. The van der Waals surface area contributed by atoms with E-state index in [0.29, 0.717) is 37.2 Å². The Morgan fingerprint density at radius 2 is 1.80 bits per heavy atom. The van der Waals surface area contributed by atoms with E-state index in [1.165, 1.54) is 12.1 Å². The molecule has 2 aliphatic rings. The Kier molecular flexibility index (Phi) is 7.47. The molecule has 0 radical (unpaired) electrons. The van der Waals surface area contributed by atoms with Crippen molar-refractivity contribution in [2.75, 3.05) is 52.1 Å². The molecule has 3 atom stereocenters. The standard InChI is InChI=1S/C23H35FN4O2/c1-16(2)12-27-13-17(22(29)25-20-7-5-19(24)6-8-20)11-18(14-27)23(30)28-10-9-21(15-28)26(3)4/h5-8,16-18,21H,9-15H2,1-4H3,(H,25,29)/t17-,18+,21?/m1/s1. The van der Waals surface area contributed by atoms with E-state index < -0.39 is 0 Å². The number of piperidine rings is 1. The Morgan fingerprint density at radius 3 is 2.40 bits per heavy atom. The van der Waals surface area contributed by atoms with Crippen molar-refractivity contribution in [3.63, 3.8) is 0 Å². The summed E-state index contributed by atoms with van der Waals surface area (Å²) < 4.78 is 13.2. The van der Waals surface area contributed by atoms with Crippen LogP contribution in [0.4, 0.5) is 10.1 Å². The van der Waals surface area contributed by atoms with Gasteiger partial charge in [0.2, 0.25) is 11.8 Å². The summed E-state index contributed by atoms with van der Waals surface area (Å²) in [5.74, 6) is -0.218. The van der Waals surface area contributed by atoms with Gasteiger partial charge in [0, 0.05) is 44.5 Å². The third-order valence-electron chi connectivity index (χ3n) is 6.19. The van der Waals surface area contributed by atoms with Gasteiger partial charge in [-0.1, -0.05) is 13.8 Å². The van der Waals surface area contributed by atoms with Crippen molar-refractivity contribution in [3.8, 4) is 0 Å². The van der Waals surface area contributed by atoms with Crippen LogP contribution in [0.1, 0.15) is 26.7 Å². The molecular weight excluding hydrogens is 383 g/mol. The SMILES string of the molecule is CC(C)CN1C[C@H](C(=O)Nc2ccc(F)cc2)C[C@H](C(=O)N2CCC(N(C)C)C2)C1. The predicted molar refractivity (Wildman–Crippen MR) is 117 cm³/mol. The van der Waals surface area contributed by atoms with Gasteiger partial charge in [0.1, 0.15) is 5.82 Å². The van der Waals surface area contributed by atoms with Crippen LogP contribution >= 0.6 is 0 Å². The minimum absolute atomic E-state index is 0.0968. The van der Waals surface area contributed by atoms with Crippen LogP contribution in [0.25, 0.3) is 0 Å². The number of nitrogens with one attached hydrogen (secondary N) is 1. The normalized spacial score (nSPS) is 25.2. The fourth-order valence-electron chi connectivity index (χ4n) is 4.62. The van der Waals surface area contributed by atoms with Gasteiger partial charge in [-0.2, -0.15) is 0 Å². The van der Waals surface area contributed by atoms with E-state index in [4.69, 9.17) is 0 Å². The number of likely N-dealkylation sites (N-methyl/N-ethyl adjacent to an activating group) is 1. The maximum atomic E-state index is 13.3. The van der Waals surface area contributed by atoms with E-state index in [2.05, 4.69) is 43.1 Å². The highest BCUT2D eigenvalue weighted by Gasteiger charge is 2.39. The summed E-state index contributed by atoms with van der Waals surface area (Å²) >= 11 is 0. The van der Waals surface area contributed by atoms with Crippen molar-refractivity contribution < 1.29 is 14.0 Å². The number of benzene rings is 1. The van der Waals surface area contributed by atoms with Crippen LogP contribution in [-0.2, 0) is 9.59 Å². The van der Waals surface area contributed by atoms with E-state index in [-0.39, 0.29) is 29.5 Å². The van der Waals surface area contributed by atoms with Gasteiger partial charge in [0.05, 0.1) is 11.8 Å². The van der Waals surface area contributed by atoms with Crippen molar-refractivity contribution in [1.82, 2.24) is 14.7 Å². The van der Waals surface area contributed by atoms with E-state index in [1.54, 1.807) is 12.1 Å². The van der Waals surface area contributed by atoms with Gasteiger partial charge in [-0.15, -0.1) is 0 Å². The zero-order valence-electron chi connectivity index (χ0n) is 18.6. The smallest absolute Gasteiger partial charge is 0.228 e. The Bertz CT molecular complexity index is 737. The third kappa shape index (κ3) is 5.79. The van der Waals surface area contributed by atoms with Gasteiger partial charge >= 0.3 is 0 Å². The molecule has 166 valence electrons. The Hall–Kier alpha value is -1.99. The molecule has 1 unspecified atom stereocenters. The molecule has 0 bridgehead atoms.